The van der Waals surface area contributed by atoms with Crippen LogP contribution in [0.15, 0.2) is 4.42 Å². The molecule has 1 unspecified atom stereocenters. The summed E-state index contributed by atoms with van der Waals surface area (Å²) >= 11 is 0. The molecule has 0 aliphatic carbocycles. The minimum atomic E-state index is -0.129. The molecule has 1 aromatic rings. The molecular formula is C12H19N3O2. The highest BCUT2D eigenvalue weighted by Crippen LogP contribution is 2.18. The van der Waals surface area contributed by atoms with Crippen LogP contribution in [0.3, 0.4) is 0 Å². The summed E-state index contributed by atoms with van der Waals surface area (Å²) in [6, 6.07) is 0. The van der Waals surface area contributed by atoms with Crippen molar-refractivity contribution < 1.29 is 9.21 Å². The van der Waals surface area contributed by atoms with E-state index in [4.69, 9.17) is 4.42 Å². The Bertz CT molecular complexity index is 400. The van der Waals surface area contributed by atoms with Gasteiger partial charge < -0.3 is 9.32 Å². The zero-order valence-electron chi connectivity index (χ0n) is 10.6. The zero-order valence-corrected chi connectivity index (χ0v) is 10.6. The van der Waals surface area contributed by atoms with Gasteiger partial charge in [0.15, 0.2) is 0 Å². The molecule has 0 N–H and O–H groups in total. The van der Waals surface area contributed by atoms with Crippen LogP contribution >= 0.6 is 0 Å². The van der Waals surface area contributed by atoms with Crippen LogP contribution in [0.1, 0.15) is 56.1 Å². The summed E-state index contributed by atoms with van der Waals surface area (Å²) in [5.41, 5.74) is 0. The number of nitrogens with zero attached hydrogens (tertiary/aromatic N) is 3. The Balaban J connectivity index is 2.07. The number of rotatable bonds is 2. The van der Waals surface area contributed by atoms with Crippen molar-refractivity contribution in [2.45, 2.75) is 39.5 Å². The van der Waals surface area contributed by atoms with E-state index in [0.29, 0.717) is 11.8 Å². The molecule has 2 heterocycles. The molecule has 5 heteroatoms. The van der Waals surface area contributed by atoms with Crippen molar-refractivity contribution >= 4 is 5.91 Å². The van der Waals surface area contributed by atoms with Crippen molar-refractivity contribution in [1.29, 1.82) is 0 Å². The largest absolute Gasteiger partial charge is 0.417 e. The van der Waals surface area contributed by atoms with E-state index in [1.165, 1.54) is 6.42 Å². The van der Waals surface area contributed by atoms with Gasteiger partial charge in [-0.2, -0.15) is 0 Å². The molecule has 0 saturated carbocycles. The van der Waals surface area contributed by atoms with Gasteiger partial charge in [-0.3, -0.25) is 4.79 Å². The average Bonchev–Trinajstić information content (AvgIpc) is 2.77. The first kappa shape index (κ1) is 12.1. The lowest BCUT2D eigenvalue weighted by atomic mass is 10.0. The number of hydrogen-bond donors (Lipinski definition) is 0. The minimum absolute atomic E-state index is 0.128. The Kier molecular flexibility index (Phi) is 3.45. The summed E-state index contributed by atoms with van der Waals surface area (Å²) in [4.78, 5) is 13.9. The van der Waals surface area contributed by atoms with Crippen molar-refractivity contribution in [3.63, 3.8) is 0 Å². The highest BCUT2D eigenvalue weighted by molar-refractivity contribution is 5.89. The smallest absolute Gasteiger partial charge is 0.311 e. The highest BCUT2D eigenvalue weighted by Gasteiger charge is 2.26. The molecule has 0 radical (unpaired) electrons. The lowest BCUT2D eigenvalue weighted by Crippen LogP contribution is -2.39. The molecule has 0 bridgehead atoms. The summed E-state index contributed by atoms with van der Waals surface area (Å²) in [7, 11) is 0. The standard InChI is InChI=1S/C12H19N3O2/c1-8(2)10-13-14-11(17-10)12(16)15-6-4-5-9(3)7-15/h8-9H,4-7H2,1-3H3. The maximum Gasteiger partial charge on any atom is 0.311 e. The van der Waals surface area contributed by atoms with Gasteiger partial charge in [-0.15, -0.1) is 10.2 Å². The van der Waals surface area contributed by atoms with E-state index in [9.17, 15) is 4.79 Å². The van der Waals surface area contributed by atoms with E-state index in [-0.39, 0.29) is 17.7 Å². The molecule has 1 aliphatic heterocycles. The first-order valence-corrected chi connectivity index (χ1v) is 6.20. The normalized spacial score (nSPS) is 20.9. The number of hydrogen-bond acceptors (Lipinski definition) is 4. The van der Waals surface area contributed by atoms with E-state index in [1.54, 1.807) is 0 Å². The fraction of sp³-hybridized carbons (Fsp3) is 0.750. The molecule has 0 aromatic carbocycles. The number of likely N-dealkylation sites (tertiary alicyclic amines) is 1. The zero-order chi connectivity index (χ0) is 12.4. The molecule has 1 atom stereocenters. The van der Waals surface area contributed by atoms with Gasteiger partial charge in [0.2, 0.25) is 5.89 Å². The Morgan fingerprint density at radius 1 is 1.47 bits per heavy atom. The van der Waals surface area contributed by atoms with Gasteiger partial charge in [0.25, 0.3) is 0 Å². The fourth-order valence-electron chi connectivity index (χ4n) is 2.06. The molecule has 94 valence electrons. The maximum atomic E-state index is 12.1. The maximum absolute atomic E-state index is 12.1. The van der Waals surface area contributed by atoms with Gasteiger partial charge in [0, 0.05) is 19.0 Å². The van der Waals surface area contributed by atoms with Gasteiger partial charge in [0.05, 0.1) is 0 Å². The summed E-state index contributed by atoms with van der Waals surface area (Å²) in [5.74, 6) is 1.24. The molecule has 5 nitrogen and oxygen atoms in total. The van der Waals surface area contributed by atoms with E-state index >= 15 is 0 Å². The topological polar surface area (TPSA) is 59.2 Å². The monoisotopic (exact) mass is 237 g/mol. The average molecular weight is 237 g/mol. The van der Waals surface area contributed by atoms with Crippen molar-refractivity contribution in [2.24, 2.45) is 5.92 Å². The van der Waals surface area contributed by atoms with Crippen LogP contribution in [0, 0.1) is 5.92 Å². The van der Waals surface area contributed by atoms with Crippen molar-refractivity contribution in [3.8, 4) is 0 Å². The van der Waals surface area contributed by atoms with Gasteiger partial charge in [0.1, 0.15) is 0 Å². The Morgan fingerprint density at radius 3 is 2.82 bits per heavy atom. The van der Waals surface area contributed by atoms with Gasteiger partial charge >= 0.3 is 11.8 Å². The number of amides is 1. The molecule has 0 spiro atoms. The first-order chi connectivity index (χ1) is 8.08. The Hall–Kier alpha value is -1.39. The number of piperidine rings is 1. The number of carbonyl (C=O) groups excluding carboxylic acids is 1. The van der Waals surface area contributed by atoms with Crippen LogP contribution < -0.4 is 0 Å². The lowest BCUT2D eigenvalue weighted by molar-refractivity contribution is 0.0640. The van der Waals surface area contributed by atoms with Crippen LogP contribution in [0.2, 0.25) is 0 Å². The third-order valence-electron chi connectivity index (χ3n) is 3.06. The molecule has 2 rings (SSSR count). The number of carbonyl (C=O) groups is 1. The van der Waals surface area contributed by atoms with Crippen LogP contribution in [-0.4, -0.2) is 34.1 Å². The molecule has 1 saturated heterocycles. The molecule has 1 amide bonds. The van der Waals surface area contributed by atoms with E-state index < -0.39 is 0 Å². The second-order valence-electron chi connectivity index (χ2n) is 5.10. The van der Waals surface area contributed by atoms with Gasteiger partial charge in [-0.05, 0) is 18.8 Å². The predicted octanol–water partition coefficient (Wildman–Crippen LogP) is 2.07. The second kappa shape index (κ2) is 4.85. The van der Waals surface area contributed by atoms with Crippen molar-refractivity contribution in [2.75, 3.05) is 13.1 Å². The predicted molar refractivity (Wildman–Crippen MR) is 62.7 cm³/mol. The quantitative estimate of drug-likeness (QED) is 0.790. The van der Waals surface area contributed by atoms with Crippen molar-refractivity contribution in [1.82, 2.24) is 15.1 Å². The molecule has 17 heavy (non-hydrogen) atoms. The fourth-order valence-corrected chi connectivity index (χ4v) is 2.06. The second-order valence-corrected chi connectivity index (χ2v) is 5.10. The van der Waals surface area contributed by atoms with Crippen LogP contribution in [-0.2, 0) is 0 Å². The van der Waals surface area contributed by atoms with E-state index in [2.05, 4.69) is 17.1 Å². The Labute approximate surface area is 101 Å². The summed E-state index contributed by atoms with van der Waals surface area (Å²) in [6.07, 6.45) is 2.24. The lowest BCUT2D eigenvalue weighted by Gasteiger charge is -2.29. The van der Waals surface area contributed by atoms with Crippen molar-refractivity contribution in [3.05, 3.63) is 11.8 Å². The highest BCUT2D eigenvalue weighted by atomic mass is 16.4. The first-order valence-electron chi connectivity index (χ1n) is 6.20. The van der Waals surface area contributed by atoms with E-state index in [0.717, 1.165) is 19.5 Å². The van der Waals surface area contributed by atoms with Gasteiger partial charge in [-0.1, -0.05) is 20.8 Å². The van der Waals surface area contributed by atoms with Crippen LogP contribution in [0.4, 0.5) is 0 Å². The van der Waals surface area contributed by atoms with Crippen LogP contribution in [0.25, 0.3) is 0 Å². The van der Waals surface area contributed by atoms with E-state index in [1.807, 2.05) is 18.7 Å². The summed E-state index contributed by atoms with van der Waals surface area (Å²) in [6.45, 7) is 7.67. The summed E-state index contributed by atoms with van der Waals surface area (Å²) < 4.78 is 5.38. The minimum Gasteiger partial charge on any atom is -0.417 e. The molecule has 1 fully saturated rings. The number of aromatic nitrogens is 2. The third-order valence-corrected chi connectivity index (χ3v) is 3.06. The molecule has 1 aromatic heterocycles. The molecular weight excluding hydrogens is 218 g/mol. The van der Waals surface area contributed by atoms with Gasteiger partial charge in [-0.25, -0.2) is 0 Å². The third kappa shape index (κ3) is 2.65. The Morgan fingerprint density at radius 2 is 2.24 bits per heavy atom. The SMILES string of the molecule is CC1CCCN(C(=O)c2nnc(C(C)C)o2)C1. The summed E-state index contributed by atoms with van der Waals surface area (Å²) in [5, 5.41) is 7.72. The van der Waals surface area contributed by atoms with Crippen LogP contribution in [0.5, 0.6) is 0 Å². The molecule has 1 aliphatic rings.